The van der Waals surface area contributed by atoms with Gasteiger partial charge in [0.15, 0.2) is 0 Å². The highest BCUT2D eigenvalue weighted by Crippen LogP contribution is 2.34. The number of hydrogen-bond donors (Lipinski definition) is 1. The molecule has 2 aromatic carbocycles. The molecular weight excluding hydrogens is 733 g/mol. The second-order valence-electron chi connectivity index (χ2n) is 17.8. The van der Waals surface area contributed by atoms with Gasteiger partial charge in [0.1, 0.15) is 17.0 Å². The largest absolute Gasteiger partial charge is 0.478 e. The molecule has 1 atom stereocenters. The van der Waals surface area contributed by atoms with Crippen LogP contribution in [0.2, 0.25) is 0 Å². The number of Topliss-reactive ketones (excluding diaryl/α,β-unsaturated/α-hetero) is 1. The summed E-state index contributed by atoms with van der Waals surface area (Å²) in [6.45, 7) is 15.6. The molecule has 11 nitrogen and oxygen atoms in total. The van der Waals surface area contributed by atoms with E-state index in [4.69, 9.17) is 9.47 Å². The number of likely N-dealkylation sites (tertiary alicyclic amines) is 2. The predicted octanol–water partition coefficient (Wildman–Crippen LogP) is 10.3. The number of ether oxygens (including phenoxy) is 2. The van der Waals surface area contributed by atoms with E-state index in [1.165, 1.54) is 6.08 Å². The first kappa shape index (κ1) is 43.8. The Kier molecular flexibility index (Phi) is 14.7. The molecule has 1 unspecified atom stereocenters. The molecule has 1 N–H and O–H groups in total. The van der Waals surface area contributed by atoms with Crippen LogP contribution in [0.15, 0.2) is 79.1 Å². The maximum absolute atomic E-state index is 12.3. The van der Waals surface area contributed by atoms with Crippen LogP contribution in [0.1, 0.15) is 112 Å². The molecule has 2 aliphatic heterocycles. The summed E-state index contributed by atoms with van der Waals surface area (Å²) in [6.07, 6.45) is 10.1. The van der Waals surface area contributed by atoms with Gasteiger partial charge in [0.25, 0.3) is 0 Å². The number of aromatic nitrogens is 2. The number of ketones is 1. The Labute approximate surface area is 344 Å². The van der Waals surface area contributed by atoms with E-state index >= 15 is 0 Å². The summed E-state index contributed by atoms with van der Waals surface area (Å²) in [5, 5.41) is 11.4. The lowest BCUT2D eigenvalue weighted by Gasteiger charge is -2.34. The van der Waals surface area contributed by atoms with Gasteiger partial charge >= 0.3 is 18.2 Å². The lowest BCUT2D eigenvalue weighted by atomic mass is 9.82. The van der Waals surface area contributed by atoms with Gasteiger partial charge in [-0.1, -0.05) is 36.4 Å². The zero-order chi connectivity index (χ0) is 42.0. The van der Waals surface area contributed by atoms with Gasteiger partial charge in [-0.15, -0.1) is 0 Å². The van der Waals surface area contributed by atoms with E-state index in [9.17, 15) is 24.3 Å². The van der Waals surface area contributed by atoms with Crippen LogP contribution in [0, 0.1) is 11.8 Å². The molecule has 11 heteroatoms. The number of carboxylic acid groups (broad SMARTS) is 1. The van der Waals surface area contributed by atoms with Gasteiger partial charge in [0, 0.05) is 63.3 Å². The third kappa shape index (κ3) is 13.4. The van der Waals surface area contributed by atoms with Crippen molar-refractivity contribution in [2.24, 2.45) is 11.8 Å². The van der Waals surface area contributed by atoms with Gasteiger partial charge in [-0.3, -0.25) is 9.97 Å². The van der Waals surface area contributed by atoms with E-state index in [2.05, 4.69) is 22.1 Å². The number of pyridine rings is 2. The van der Waals surface area contributed by atoms with Crippen LogP contribution >= 0.6 is 0 Å². The number of piperidine rings is 2. The van der Waals surface area contributed by atoms with Crippen molar-refractivity contribution in [2.75, 3.05) is 26.2 Å². The molecule has 0 radical (unpaired) electrons. The number of allylic oxidation sites excluding steroid dienone is 1. The Balaban J connectivity index is 0.000000256. The van der Waals surface area contributed by atoms with E-state index < -0.39 is 17.2 Å². The van der Waals surface area contributed by atoms with Gasteiger partial charge in [0.2, 0.25) is 0 Å². The number of rotatable bonds is 9. The van der Waals surface area contributed by atoms with Crippen LogP contribution in [0.5, 0.6) is 0 Å². The molecule has 0 saturated carbocycles. The third-order valence-electron chi connectivity index (χ3n) is 10.5. The number of carbonyl (C=O) groups excluding carboxylic acids is 3. The van der Waals surface area contributed by atoms with Crippen molar-refractivity contribution >= 4 is 51.3 Å². The molecule has 2 aromatic heterocycles. The van der Waals surface area contributed by atoms with Crippen LogP contribution in [0.3, 0.4) is 0 Å². The van der Waals surface area contributed by atoms with Crippen molar-refractivity contribution in [1.29, 1.82) is 0 Å². The molecule has 0 bridgehead atoms. The first-order valence-corrected chi connectivity index (χ1v) is 20.5. The fourth-order valence-electron chi connectivity index (χ4n) is 7.69. The summed E-state index contributed by atoms with van der Waals surface area (Å²) in [6, 6.07) is 20.0. The highest BCUT2D eigenvalue weighted by atomic mass is 16.6. The molecule has 2 aliphatic rings. The monoisotopic (exact) mass is 795 g/mol. The van der Waals surface area contributed by atoms with Crippen LogP contribution in [-0.2, 0) is 19.1 Å². The van der Waals surface area contributed by atoms with Crippen LogP contribution in [0.25, 0.3) is 27.4 Å². The van der Waals surface area contributed by atoms with Crippen LogP contribution < -0.4 is 0 Å². The number of benzene rings is 2. The first-order valence-electron chi connectivity index (χ1n) is 20.5. The number of carboxylic acids is 1. The lowest BCUT2D eigenvalue weighted by molar-refractivity contribution is -0.131. The number of aliphatic carboxylic acids is 1. The summed E-state index contributed by atoms with van der Waals surface area (Å²) in [5.41, 5.74) is 3.62. The quantitative estimate of drug-likeness (QED) is 0.164. The number of fused-ring (bicyclic) bond motifs is 2. The van der Waals surface area contributed by atoms with Gasteiger partial charge in [0.05, 0.1) is 11.0 Å². The number of carbonyl (C=O) groups is 4. The first-order chi connectivity index (χ1) is 27.4. The minimum atomic E-state index is -0.959. The van der Waals surface area contributed by atoms with E-state index in [1.807, 2.05) is 96.3 Å². The van der Waals surface area contributed by atoms with Gasteiger partial charge in [-0.05, 0) is 146 Å². The third-order valence-corrected chi connectivity index (χ3v) is 10.5. The Bertz CT molecular complexity index is 2090. The normalized spacial score (nSPS) is 16.4. The molecule has 58 heavy (non-hydrogen) atoms. The summed E-state index contributed by atoms with van der Waals surface area (Å²) in [5.74, 6) is 0.214. The van der Waals surface area contributed by atoms with Gasteiger partial charge in [-0.2, -0.15) is 0 Å². The van der Waals surface area contributed by atoms with Gasteiger partial charge < -0.3 is 29.2 Å². The summed E-state index contributed by atoms with van der Waals surface area (Å²) >= 11 is 0. The fraction of sp³-hybridized carbons (Fsp3) is 0.489. The van der Waals surface area contributed by atoms with Crippen molar-refractivity contribution < 1.29 is 35.2 Å². The number of nitrogens with zero attached hydrogens (tertiary/aromatic N) is 4. The van der Waals surface area contributed by atoms with E-state index in [1.54, 1.807) is 22.9 Å². The minimum absolute atomic E-state index is 0. The molecule has 0 spiro atoms. The van der Waals surface area contributed by atoms with E-state index in [0.717, 1.165) is 70.6 Å². The van der Waals surface area contributed by atoms with E-state index in [-0.39, 0.29) is 25.3 Å². The van der Waals surface area contributed by atoms with Crippen molar-refractivity contribution in [3.8, 4) is 0 Å². The standard InChI is InChI=1S/C24H32N2O3.C23H28N2O4.H2/c1-17(27)13-20(21-15-19-7-5-6-8-22(19)25-16-21)14-18-9-11-26(12-10-18)23(28)29-24(2,3)4;1-23(2,3)29-22(28)25-10-8-16(9-11-25)12-18(14-21(26)27)19-13-17-6-4-5-7-20(17)24-15-19;/h5-8,15-16,18,20H,9-14H2,1-4H3;4-7,13-16H,8-12H2,1-3H3,(H,26,27);1H/b;18-14-;/i;;1+1. The maximum atomic E-state index is 12.3. The Morgan fingerprint density at radius 3 is 1.74 bits per heavy atom. The molecule has 6 rings (SSSR count). The number of hydrogen-bond acceptors (Lipinski definition) is 8. The van der Waals surface area contributed by atoms with Crippen molar-refractivity contribution in [3.63, 3.8) is 0 Å². The zero-order valence-electron chi connectivity index (χ0n) is 35.2. The van der Waals surface area contributed by atoms with Crippen molar-refractivity contribution in [2.45, 2.75) is 111 Å². The SMILES string of the molecule is CC(=O)CC(CC1CCN(C(=O)OC(C)(C)C)CC1)c1cnc2ccccc2c1.CC(C)(C)OC(=O)N1CCC(C/C(=C/C(=O)O)c2cnc3ccccc3c2)CC1.[2HH]. The van der Waals surface area contributed by atoms with Crippen molar-refractivity contribution in [3.05, 3.63) is 90.3 Å². The zero-order valence-corrected chi connectivity index (χ0v) is 35.2. The molecular formula is C47H62N4O7. The highest BCUT2D eigenvalue weighted by molar-refractivity contribution is 5.92. The van der Waals surface area contributed by atoms with Crippen LogP contribution in [0.4, 0.5) is 9.59 Å². The molecule has 2 fully saturated rings. The van der Waals surface area contributed by atoms with E-state index in [0.29, 0.717) is 50.9 Å². The summed E-state index contributed by atoms with van der Waals surface area (Å²) in [7, 11) is 0. The van der Waals surface area contributed by atoms with Gasteiger partial charge in [-0.25, -0.2) is 14.4 Å². The molecule has 4 aromatic rings. The lowest BCUT2D eigenvalue weighted by Crippen LogP contribution is -2.41. The minimum Gasteiger partial charge on any atom is -0.478 e. The Morgan fingerprint density at radius 1 is 0.759 bits per heavy atom. The Hall–Kier alpha value is -5.32. The average molecular weight is 796 g/mol. The maximum Gasteiger partial charge on any atom is 0.410 e. The smallest absolute Gasteiger partial charge is 0.410 e. The molecule has 312 valence electrons. The Morgan fingerprint density at radius 2 is 1.24 bits per heavy atom. The number of amides is 2. The second-order valence-corrected chi connectivity index (χ2v) is 17.8. The average Bonchev–Trinajstić information content (AvgIpc) is 3.16. The summed E-state index contributed by atoms with van der Waals surface area (Å²) < 4.78 is 10.9. The van der Waals surface area contributed by atoms with Crippen molar-refractivity contribution in [1.82, 2.24) is 19.8 Å². The summed E-state index contributed by atoms with van der Waals surface area (Å²) in [4.78, 5) is 60.4. The molecule has 0 aliphatic carbocycles. The van der Waals surface area contributed by atoms with Crippen LogP contribution in [-0.4, -0.2) is 86.2 Å². The molecule has 2 saturated heterocycles. The topological polar surface area (TPSA) is 139 Å². The predicted molar refractivity (Wildman–Crippen MR) is 230 cm³/mol. The second kappa shape index (κ2) is 19.4. The highest BCUT2D eigenvalue weighted by Gasteiger charge is 2.30. The molecule has 2 amide bonds. The molecule has 4 heterocycles. The fourth-order valence-corrected chi connectivity index (χ4v) is 7.69. The number of para-hydroxylation sites is 2.